The van der Waals surface area contributed by atoms with Gasteiger partial charge >= 0.3 is 0 Å². The summed E-state index contributed by atoms with van der Waals surface area (Å²) in [6.45, 7) is 2.20. The molecule has 2 aliphatic rings. The number of rotatable bonds is 4. The lowest BCUT2D eigenvalue weighted by atomic mass is 9.82. The molecule has 10 rings (SSSR count). The van der Waals surface area contributed by atoms with E-state index in [0.717, 1.165) is 0 Å². The van der Waals surface area contributed by atoms with Gasteiger partial charge in [0, 0.05) is 25.1 Å². The highest BCUT2D eigenvalue weighted by molar-refractivity contribution is 6.28. The van der Waals surface area contributed by atoms with E-state index in [4.69, 9.17) is 0 Å². The van der Waals surface area contributed by atoms with E-state index in [1.54, 1.807) is 0 Å². The molecule has 0 saturated heterocycles. The Morgan fingerprint density at radius 1 is 0.340 bits per heavy atom. The Bertz CT molecular complexity index is 2500. The zero-order valence-corrected chi connectivity index (χ0v) is 26.0. The van der Waals surface area contributed by atoms with Crippen LogP contribution in [-0.4, -0.2) is 5.71 Å². The van der Waals surface area contributed by atoms with Crippen LogP contribution in [0.5, 0.6) is 0 Å². The lowest BCUT2D eigenvalue weighted by Crippen LogP contribution is -2.26. The second-order valence-corrected chi connectivity index (χ2v) is 12.7. The number of benzene rings is 8. The van der Waals surface area contributed by atoms with Crippen LogP contribution in [0.15, 0.2) is 164 Å². The molecule has 1 heteroatoms. The Hall–Kier alpha value is -6.05. The first-order valence-corrected chi connectivity index (χ1v) is 16.4. The van der Waals surface area contributed by atoms with Gasteiger partial charge in [-0.15, -0.1) is 0 Å². The van der Waals surface area contributed by atoms with E-state index in [-0.39, 0.29) is 0 Å². The Balaban J connectivity index is 1.23. The standard InChI is InChI=1S/C46H30N/c1-29-34-17-10-11-22-41(34)47(29)33-25-23-30(24-26-33)35-27-28-40-44-36(35)20-12-21-39(44)45-42(31-13-4-2-5-14-31)37-18-8-9-19-38(37)43(46(40)45)32-15-6-3-7-16-32/h2-28H,1H3/q+1. The molecule has 0 radical (unpaired) electrons. The van der Waals surface area contributed by atoms with E-state index in [1.165, 1.54) is 99.8 Å². The van der Waals surface area contributed by atoms with Crippen molar-refractivity contribution in [1.29, 1.82) is 0 Å². The normalized spacial score (nSPS) is 12.7. The molecule has 1 aliphatic carbocycles. The molecule has 0 bridgehead atoms. The highest BCUT2D eigenvalue weighted by atomic mass is 15.1. The molecule has 8 aromatic rings. The van der Waals surface area contributed by atoms with E-state index in [2.05, 4.69) is 175 Å². The fourth-order valence-corrected chi connectivity index (χ4v) is 8.21. The smallest absolute Gasteiger partial charge is 0.156 e. The molecule has 1 nitrogen and oxygen atoms in total. The lowest BCUT2D eigenvalue weighted by Gasteiger charge is -2.20. The van der Waals surface area contributed by atoms with Crippen LogP contribution in [0.2, 0.25) is 0 Å². The third-order valence-electron chi connectivity index (χ3n) is 10.2. The summed E-state index contributed by atoms with van der Waals surface area (Å²) in [6, 6.07) is 60.2. The summed E-state index contributed by atoms with van der Waals surface area (Å²) >= 11 is 0. The molecule has 0 saturated carbocycles. The van der Waals surface area contributed by atoms with Gasteiger partial charge in [0.25, 0.3) is 0 Å². The number of hydrogen-bond acceptors (Lipinski definition) is 0. The summed E-state index contributed by atoms with van der Waals surface area (Å²) in [5.41, 5.74) is 18.0. The fraction of sp³-hybridized carbons (Fsp3) is 0.0217. The third-order valence-corrected chi connectivity index (χ3v) is 10.2. The minimum atomic E-state index is 1.20. The molecule has 1 heterocycles. The first-order chi connectivity index (χ1) is 23.3. The van der Waals surface area contributed by atoms with Crippen LogP contribution in [-0.2, 0) is 0 Å². The molecule has 47 heavy (non-hydrogen) atoms. The minimum Gasteiger partial charge on any atom is -0.156 e. The van der Waals surface area contributed by atoms with Crippen LogP contribution >= 0.6 is 0 Å². The Morgan fingerprint density at radius 2 is 0.851 bits per heavy atom. The largest absolute Gasteiger partial charge is 0.225 e. The second kappa shape index (κ2) is 9.97. The highest BCUT2D eigenvalue weighted by Crippen LogP contribution is 2.58. The van der Waals surface area contributed by atoms with Crippen LogP contribution in [0.1, 0.15) is 12.5 Å². The van der Waals surface area contributed by atoms with Gasteiger partial charge in [0.1, 0.15) is 5.56 Å². The molecule has 1 aliphatic heterocycles. The van der Waals surface area contributed by atoms with Gasteiger partial charge in [-0.25, -0.2) is 0 Å². The van der Waals surface area contributed by atoms with Crippen molar-refractivity contribution in [2.24, 2.45) is 0 Å². The quantitative estimate of drug-likeness (QED) is 0.178. The molecule has 0 spiro atoms. The van der Waals surface area contributed by atoms with Crippen molar-refractivity contribution in [2.75, 3.05) is 0 Å². The summed E-state index contributed by atoms with van der Waals surface area (Å²) in [4.78, 5) is 0. The van der Waals surface area contributed by atoms with E-state index in [9.17, 15) is 0 Å². The molecule has 0 N–H and O–H groups in total. The third kappa shape index (κ3) is 3.69. The second-order valence-electron chi connectivity index (χ2n) is 12.7. The molecule has 0 atom stereocenters. The molecule has 218 valence electrons. The number of fused-ring (bicyclic) bond motifs is 5. The minimum absolute atomic E-state index is 1.20. The van der Waals surface area contributed by atoms with Crippen molar-refractivity contribution in [2.45, 2.75) is 6.92 Å². The Labute approximate surface area is 274 Å². The molecule has 8 aromatic carbocycles. The summed E-state index contributed by atoms with van der Waals surface area (Å²) in [5.74, 6) is 0. The maximum absolute atomic E-state index is 2.38. The summed E-state index contributed by atoms with van der Waals surface area (Å²) in [6.07, 6.45) is 0. The van der Waals surface area contributed by atoms with Gasteiger partial charge in [0.05, 0.1) is 0 Å². The van der Waals surface area contributed by atoms with Gasteiger partial charge in [-0.3, -0.25) is 0 Å². The number of nitrogens with zero attached hydrogens (tertiary/aromatic N) is 1. The van der Waals surface area contributed by atoms with Crippen LogP contribution < -0.4 is 4.58 Å². The molecule has 0 amide bonds. The molecule has 0 fully saturated rings. The average Bonchev–Trinajstić information content (AvgIpc) is 3.46. The predicted octanol–water partition coefficient (Wildman–Crippen LogP) is 12.3. The first kappa shape index (κ1) is 26.2. The van der Waals surface area contributed by atoms with Crippen molar-refractivity contribution in [3.05, 3.63) is 169 Å². The van der Waals surface area contributed by atoms with E-state index in [1.807, 2.05) is 0 Å². The Kier molecular flexibility index (Phi) is 5.56. The van der Waals surface area contributed by atoms with E-state index < -0.39 is 0 Å². The Morgan fingerprint density at radius 3 is 1.51 bits per heavy atom. The topological polar surface area (TPSA) is 3.01 Å². The summed E-state index contributed by atoms with van der Waals surface area (Å²) < 4.78 is 2.35. The zero-order valence-electron chi connectivity index (χ0n) is 26.0. The van der Waals surface area contributed by atoms with E-state index in [0.29, 0.717) is 0 Å². The first-order valence-electron chi connectivity index (χ1n) is 16.4. The van der Waals surface area contributed by atoms with Crippen molar-refractivity contribution in [3.8, 4) is 55.6 Å². The van der Waals surface area contributed by atoms with Gasteiger partial charge in [0.15, 0.2) is 5.71 Å². The van der Waals surface area contributed by atoms with Crippen LogP contribution in [0.4, 0.5) is 11.4 Å². The molecular formula is C46H30N+. The summed E-state index contributed by atoms with van der Waals surface area (Å²) in [7, 11) is 0. The van der Waals surface area contributed by atoms with Gasteiger partial charge in [0.2, 0.25) is 11.4 Å². The van der Waals surface area contributed by atoms with Gasteiger partial charge in [-0.05, 0) is 95.4 Å². The molecule has 0 unspecified atom stereocenters. The van der Waals surface area contributed by atoms with Crippen molar-refractivity contribution < 1.29 is 0 Å². The predicted molar refractivity (Wildman–Crippen MR) is 200 cm³/mol. The van der Waals surface area contributed by atoms with Gasteiger partial charge in [-0.1, -0.05) is 127 Å². The lowest BCUT2D eigenvalue weighted by molar-refractivity contribution is 1.02. The number of hydrogen-bond donors (Lipinski definition) is 0. The van der Waals surface area contributed by atoms with Gasteiger partial charge in [-0.2, -0.15) is 4.58 Å². The van der Waals surface area contributed by atoms with Crippen LogP contribution in [0.25, 0.3) is 77.2 Å². The SMILES string of the molecule is CC1=[N+](c2ccc(-c3ccc4c5c(cccc35)-c3c-4c(-c4ccccc4)c4ccccc4c3-c3ccccc3)cc2)c2ccccc21. The highest BCUT2D eigenvalue weighted by Gasteiger charge is 2.34. The molecule has 0 aromatic heterocycles. The van der Waals surface area contributed by atoms with Crippen molar-refractivity contribution >= 4 is 38.6 Å². The fourth-order valence-electron chi connectivity index (χ4n) is 8.21. The van der Waals surface area contributed by atoms with E-state index >= 15 is 0 Å². The number of para-hydroxylation sites is 1. The molecular weight excluding hydrogens is 567 g/mol. The van der Waals surface area contributed by atoms with Crippen molar-refractivity contribution in [3.63, 3.8) is 0 Å². The van der Waals surface area contributed by atoms with Crippen molar-refractivity contribution in [1.82, 2.24) is 4.58 Å². The monoisotopic (exact) mass is 596 g/mol. The maximum Gasteiger partial charge on any atom is 0.225 e. The zero-order chi connectivity index (χ0) is 31.1. The summed E-state index contributed by atoms with van der Waals surface area (Å²) in [5, 5.41) is 5.21. The van der Waals surface area contributed by atoms with Crippen LogP contribution in [0, 0.1) is 0 Å². The van der Waals surface area contributed by atoms with Gasteiger partial charge < -0.3 is 0 Å². The maximum atomic E-state index is 2.38. The van der Waals surface area contributed by atoms with Crippen LogP contribution in [0.3, 0.4) is 0 Å². The average molecular weight is 597 g/mol.